The molecular weight excluding hydrogens is 233 g/mol. The van der Waals surface area contributed by atoms with Crippen LogP contribution in [0.5, 0.6) is 0 Å². The molecule has 2 rings (SSSR count). The third-order valence-electron chi connectivity index (χ3n) is 2.45. The topological polar surface area (TPSA) is 34.4 Å². The summed E-state index contributed by atoms with van der Waals surface area (Å²) in [5.74, 6) is -0.155. The van der Waals surface area contributed by atoms with Gasteiger partial charge in [0.2, 0.25) is 0 Å². The van der Waals surface area contributed by atoms with Gasteiger partial charge in [-0.05, 0) is 12.1 Å². The van der Waals surface area contributed by atoms with E-state index < -0.39 is 11.7 Å². The number of hydrogen-bond donors (Lipinski definition) is 0. The van der Waals surface area contributed by atoms with Crippen molar-refractivity contribution in [1.82, 2.24) is 9.38 Å². The lowest BCUT2D eigenvalue weighted by atomic mass is 10.2. The Labute approximate surface area is 94.9 Å². The van der Waals surface area contributed by atoms with Gasteiger partial charge in [-0.15, -0.1) is 0 Å². The van der Waals surface area contributed by atoms with E-state index in [0.717, 1.165) is 12.1 Å². The first-order valence-corrected chi connectivity index (χ1v) is 5.01. The smallest absolute Gasteiger partial charge is 0.297 e. The summed E-state index contributed by atoms with van der Waals surface area (Å²) in [4.78, 5) is 15.3. The number of carbonyl (C=O) groups excluding carboxylic acids is 1. The third-order valence-corrected chi connectivity index (χ3v) is 2.45. The minimum atomic E-state index is -4.40. The van der Waals surface area contributed by atoms with E-state index in [0.29, 0.717) is 5.69 Å². The summed E-state index contributed by atoms with van der Waals surface area (Å²) < 4.78 is 38.7. The molecule has 0 aliphatic carbocycles. The van der Waals surface area contributed by atoms with E-state index in [9.17, 15) is 18.0 Å². The summed E-state index contributed by atoms with van der Waals surface area (Å²) in [7, 11) is 0. The summed E-state index contributed by atoms with van der Waals surface area (Å²) in [6.07, 6.45) is -1.60. The van der Waals surface area contributed by atoms with Gasteiger partial charge in [0.1, 0.15) is 11.3 Å². The normalized spacial score (nSPS) is 12.0. The second-order valence-electron chi connectivity index (χ2n) is 3.56. The minimum absolute atomic E-state index is 0.122. The van der Waals surface area contributed by atoms with E-state index in [1.807, 2.05) is 0 Å². The van der Waals surface area contributed by atoms with Crippen LogP contribution in [-0.2, 0) is 6.18 Å². The molecule has 0 saturated heterocycles. The summed E-state index contributed by atoms with van der Waals surface area (Å²) >= 11 is 0. The second-order valence-corrected chi connectivity index (χ2v) is 3.56. The highest BCUT2D eigenvalue weighted by atomic mass is 19.4. The van der Waals surface area contributed by atoms with Gasteiger partial charge in [-0.3, -0.25) is 9.20 Å². The van der Waals surface area contributed by atoms with Crippen LogP contribution in [0.4, 0.5) is 13.2 Å². The quantitative estimate of drug-likeness (QED) is 0.759. The van der Waals surface area contributed by atoms with Crippen molar-refractivity contribution in [3.05, 3.63) is 35.8 Å². The molecule has 0 unspecified atom stereocenters. The van der Waals surface area contributed by atoms with Crippen LogP contribution in [0.3, 0.4) is 0 Å². The summed E-state index contributed by atoms with van der Waals surface area (Å²) in [6.45, 7) is 1.69. The van der Waals surface area contributed by atoms with Crippen molar-refractivity contribution in [2.45, 2.75) is 19.5 Å². The Bertz CT molecular complexity index is 572. The number of halogens is 3. The molecule has 6 heteroatoms. The lowest BCUT2D eigenvalue weighted by Gasteiger charge is -2.06. The molecule has 2 aromatic rings. The Morgan fingerprint density at radius 3 is 2.76 bits per heavy atom. The fourth-order valence-corrected chi connectivity index (χ4v) is 1.54. The number of carbonyl (C=O) groups is 1. The zero-order valence-electron chi connectivity index (χ0n) is 8.95. The molecule has 0 bridgehead atoms. The van der Waals surface area contributed by atoms with E-state index in [1.165, 1.54) is 16.8 Å². The maximum atomic E-state index is 12.4. The summed E-state index contributed by atoms with van der Waals surface area (Å²) in [5.41, 5.74) is -0.348. The van der Waals surface area contributed by atoms with Crippen LogP contribution >= 0.6 is 0 Å². The van der Waals surface area contributed by atoms with Gasteiger partial charge < -0.3 is 0 Å². The molecule has 0 fully saturated rings. The highest BCUT2D eigenvalue weighted by molar-refractivity contribution is 5.94. The van der Waals surface area contributed by atoms with E-state index in [4.69, 9.17) is 0 Å². The molecule has 0 N–H and O–H groups in total. The van der Waals surface area contributed by atoms with Gasteiger partial charge in [-0.2, -0.15) is 13.2 Å². The Balaban J connectivity index is 2.56. The lowest BCUT2D eigenvalue weighted by molar-refractivity contribution is -0.137. The van der Waals surface area contributed by atoms with E-state index in [-0.39, 0.29) is 17.9 Å². The number of fused-ring (bicyclic) bond motifs is 1. The van der Waals surface area contributed by atoms with E-state index in [2.05, 4.69) is 4.98 Å². The van der Waals surface area contributed by atoms with Crippen molar-refractivity contribution in [2.24, 2.45) is 0 Å². The van der Waals surface area contributed by atoms with Gasteiger partial charge >= 0.3 is 6.18 Å². The highest BCUT2D eigenvalue weighted by Gasteiger charge is 2.31. The Hall–Kier alpha value is -1.85. The number of aromatic nitrogens is 2. The van der Waals surface area contributed by atoms with E-state index in [1.54, 1.807) is 6.92 Å². The first-order valence-electron chi connectivity index (χ1n) is 5.01. The molecule has 2 heterocycles. The van der Waals surface area contributed by atoms with Crippen LogP contribution in [0, 0.1) is 0 Å². The molecule has 17 heavy (non-hydrogen) atoms. The fraction of sp³-hybridized carbons (Fsp3) is 0.273. The maximum Gasteiger partial charge on any atom is 0.416 e. The molecule has 90 valence electrons. The number of alkyl halides is 3. The summed E-state index contributed by atoms with van der Waals surface area (Å²) in [5, 5.41) is 0. The van der Waals surface area contributed by atoms with Crippen molar-refractivity contribution < 1.29 is 18.0 Å². The molecular formula is C11H9F3N2O. The molecule has 0 aliphatic rings. The predicted octanol–water partition coefficient (Wildman–Crippen LogP) is 2.95. The SMILES string of the molecule is CCC(=O)c1cnc2cc(C(F)(F)F)ccn12. The monoisotopic (exact) mass is 242 g/mol. The Morgan fingerprint density at radius 1 is 1.47 bits per heavy atom. The Morgan fingerprint density at radius 2 is 2.18 bits per heavy atom. The predicted molar refractivity (Wildman–Crippen MR) is 54.8 cm³/mol. The molecule has 0 spiro atoms. The van der Waals surface area contributed by atoms with Gasteiger partial charge in [0, 0.05) is 12.6 Å². The highest BCUT2D eigenvalue weighted by Crippen LogP contribution is 2.29. The van der Waals surface area contributed by atoms with Gasteiger partial charge in [0.25, 0.3) is 0 Å². The van der Waals surface area contributed by atoms with Crippen molar-refractivity contribution in [1.29, 1.82) is 0 Å². The first kappa shape index (κ1) is 11.6. The van der Waals surface area contributed by atoms with Crippen molar-refractivity contribution >= 4 is 11.4 Å². The third kappa shape index (κ3) is 2.02. The zero-order valence-corrected chi connectivity index (χ0v) is 8.95. The van der Waals surface area contributed by atoms with Crippen LogP contribution < -0.4 is 0 Å². The fourth-order valence-electron chi connectivity index (χ4n) is 1.54. The van der Waals surface area contributed by atoms with Crippen LogP contribution in [0.25, 0.3) is 5.65 Å². The zero-order chi connectivity index (χ0) is 12.6. The van der Waals surface area contributed by atoms with Crippen molar-refractivity contribution in [2.75, 3.05) is 0 Å². The number of hydrogen-bond acceptors (Lipinski definition) is 2. The number of imidazole rings is 1. The molecule has 0 atom stereocenters. The van der Waals surface area contributed by atoms with Gasteiger partial charge in [-0.25, -0.2) is 4.98 Å². The van der Waals surface area contributed by atoms with E-state index >= 15 is 0 Å². The summed E-state index contributed by atoms with van der Waals surface area (Å²) in [6, 6.07) is 1.85. The average molecular weight is 242 g/mol. The average Bonchev–Trinajstić information content (AvgIpc) is 2.69. The molecule has 2 aromatic heterocycles. The molecule has 0 radical (unpaired) electrons. The number of Topliss-reactive ketones (excluding diaryl/α,β-unsaturated/α-hetero) is 1. The number of pyridine rings is 1. The molecule has 0 aromatic carbocycles. The molecule has 3 nitrogen and oxygen atoms in total. The Kier molecular flexibility index (Phi) is 2.65. The lowest BCUT2D eigenvalue weighted by Crippen LogP contribution is -2.07. The van der Waals surface area contributed by atoms with Crippen LogP contribution in [-0.4, -0.2) is 15.2 Å². The van der Waals surface area contributed by atoms with Crippen molar-refractivity contribution in [3.8, 4) is 0 Å². The number of ketones is 1. The molecule has 0 aliphatic heterocycles. The van der Waals surface area contributed by atoms with Gasteiger partial charge in [0.05, 0.1) is 11.8 Å². The molecule has 0 saturated carbocycles. The number of rotatable bonds is 2. The maximum absolute atomic E-state index is 12.4. The van der Waals surface area contributed by atoms with Crippen LogP contribution in [0.2, 0.25) is 0 Å². The van der Waals surface area contributed by atoms with Crippen LogP contribution in [0.1, 0.15) is 29.4 Å². The van der Waals surface area contributed by atoms with Gasteiger partial charge in [-0.1, -0.05) is 6.92 Å². The molecule has 0 amide bonds. The standard InChI is InChI=1S/C11H9F3N2O/c1-2-9(17)8-6-15-10-5-7(11(12,13)14)3-4-16(8)10/h3-6H,2H2,1H3. The number of nitrogens with zero attached hydrogens (tertiary/aromatic N) is 2. The largest absolute Gasteiger partial charge is 0.416 e. The first-order chi connectivity index (χ1) is 7.93. The minimum Gasteiger partial charge on any atom is -0.297 e. The van der Waals surface area contributed by atoms with Gasteiger partial charge in [0.15, 0.2) is 5.78 Å². The second kappa shape index (κ2) is 3.87. The van der Waals surface area contributed by atoms with Crippen LogP contribution in [0.15, 0.2) is 24.5 Å². The van der Waals surface area contributed by atoms with Crippen molar-refractivity contribution in [3.63, 3.8) is 0 Å².